The molecule has 6 N–H and O–H groups in total. The molecule has 0 spiro atoms. The monoisotopic (exact) mass is 1940 g/mol. The predicted octanol–water partition coefficient (Wildman–Crippen LogP) is 0.215. The zero-order chi connectivity index (χ0) is 83.8. The van der Waals surface area contributed by atoms with Crippen molar-refractivity contribution < 1.29 is 137 Å². The molecule has 8 aromatic carbocycles. The molecule has 4 aliphatic heterocycles. The maximum absolute atomic E-state index is 14.3. The molecule has 4 fully saturated rings. The Bertz CT molecular complexity index is 4430. The minimum atomic E-state index is -5.42. The molecule has 628 valence electrons. The molecule has 4 saturated heterocycles. The molecule has 0 amide bonds. The van der Waals surface area contributed by atoms with Crippen LogP contribution in [0.3, 0.4) is 0 Å². The Morgan fingerprint density at radius 2 is 0.612 bits per heavy atom. The molecule has 0 aromatic heterocycles. The van der Waals surface area contributed by atoms with Crippen molar-refractivity contribution in [3.8, 4) is 0 Å². The van der Waals surface area contributed by atoms with Gasteiger partial charge in [-0.05, 0) is 36.6 Å². The van der Waals surface area contributed by atoms with Gasteiger partial charge in [-0.3, -0.25) is 0 Å². The van der Waals surface area contributed by atoms with Gasteiger partial charge in [0.15, 0.2) is 0 Å². The van der Waals surface area contributed by atoms with Gasteiger partial charge in [-0.2, -0.15) is 0 Å². The summed E-state index contributed by atoms with van der Waals surface area (Å²) < 4.78 is 176. The van der Waals surface area contributed by atoms with Gasteiger partial charge in [0.2, 0.25) is 0 Å². The largest absolute Gasteiger partial charge is 0.522 e. The highest BCUT2D eigenvalue weighted by Crippen LogP contribution is 2.39. The molecule has 8 aromatic rings. The minimum Gasteiger partial charge on any atom is -0.420 e. The second-order valence-corrected chi connectivity index (χ2v) is 80.0. The normalized spacial score (nSPS) is 37.2. The third kappa shape index (κ3) is 23.4. The van der Waals surface area contributed by atoms with E-state index in [4.69, 9.17) is 108 Å². The molecular formula is C64H100O32Si20. The Balaban J connectivity index is 0.000000293. The number of hydrogen-bond acceptors (Lipinski definition) is 32. The first-order valence-electron chi connectivity index (χ1n) is 36.8. The Labute approximate surface area is 701 Å². The van der Waals surface area contributed by atoms with Gasteiger partial charge in [-0.25, -0.2) is 0 Å². The lowest BCUT2D eigenvalue weighted by Crippen LogP contribution is -2.84. The van der Waals surface area contributed by atoms with E-state index in [1.807, 2.05) is 109 Å². The van der Waals surface area contributed by atoms with Crippen LogP contribution in [0, 0.1) is 0 Å². The van der Waals surface area contributed by atoms with E-state index >= 15 is 0 Å². The fourth-order valence-corrected chi connectivity index (χ4v) is 93.1. The second kappa shape index (κ2) is 38.5. The Morgan fingerprint density at radius 1 is 0.284 bits per heavy atom. The van der Waals surface area contributed by atoms with E-state index in [-0.39, 0.29) is 15.6 Å². The molecule has 20 unspecified atom stereocenters. The van der Waals surface area contributed by atoms with Crippen LogP contribution >= 0.6 is 0 Å². The molecule has 12 rings (SSSR count). The van der Waals surface area contributed by atoms with Crippen LogP contribution in [0.5, 0.6) is 0 Å². The number of fused-ring (bicyclic) bond motifs is 4. The van der Waals surface area contributed by atoms with E-state index < -0.39 is 179 Å². The predicted molar refractivity (Wildman–Crippen MR) is 468 cm³/mol. The molecule has 0 saturated carbocycles. The smallest absolute Gasteiger partial charge is 0.420 e. The number of rotatable bonds is 16. The topological polar surface area (TPSA) is 361 Å². The molecule has 0 radical (unpaired) electrons. The average molecular weight is 1940 g/mol. The van der Waals surface area contributed by atoms with Crippen molar-refractivity contribution >= 4 is 220 Å². The highest BCUT2D eigenvalue weighted by molar-refractivity contribution is 7.05. The maximum atomic E-state index is 14.3. The summed E-state index contributed by atoms with van der Waals surface area (Å²) in [7, 11) is -75.3. The molecule has 116 heavy (non-hydrogen) atoms. The summed E-state index contributed by atoms with van der Waals surface area (Å²) in [6.07, 6.45) is 0. The summed E-state index contributed by atoms with van der Waals surface area (Å²) in [6.45, 7) is 18.6. The van der Waals surface area contributed by atoms with Crippen molar-refractivity contribution in [1.29, 1.82) is 0 Å². The fraction of sp³-hybridized carbons (Fsp3) is 0.250. The van der Waals surface area contributed by atoms with Crippen LogP contribution in [0.15, 0.2) is 243 Å². The average Bonchev–Trinajstić information content (AvgIpc) is 0.711. The lowest BCUT2D eigenvalue weighted by Gasteiger charge is -2.51. The van der Waals surface area contributed by atoms with Crippen molar-refractivity contribution in [2.75, 3.05) is 28.4 Å². The van der Waals surface area contributed by atoms with Gasteiger partial charge in [-0.1, -0.05) is 243 Å². The van der Waals surface area contributed by atoms with E-state index in [0.717, 1.165) is 0 Å². The zero-order valence-corrected chi connectivity index (χ0v) is 87.8. The molecule has 0 aliphatic carbocycles. The van der Waals surface area contributed by atoms with Gasteiger partial charge in [0.1, 0.15) is 0 Å². The first kappa shape index (κ1) is 93.5. The molecule has 4 heterocycles. The van der Waals surface area contributed by atoms with Crippen LogP contribution in [0.4, 0.5) is 0 Å². The number of hydrogen-bond donors (Lipinski definition) is 6. The van der Waals surface area contributed by atoms with Crippen LogP contribution in [0.2, 0.25) is 78.6 Å². The Hall–Kier alpha value is -3.18. The SMILES string of the molecule is CO[Si]1(C)O[Si](C)(O)O[Si](C)(OC)O[Si]2(C)O[Si](C)(O[SiH](C)O)O[SiH](C)O[SiH](C)O[Si](C)(O)O[Si](C)(O1)O2.CO[Si]1(c2ccccc2)O[Si](C)(O)O[Si](OC)(c2ccccc2)O[Si]2(c3ccccc3)O[Si](O[SiH](C)O)(c3ccccc3)O[SiH](c3ccccc3)O[SiH](c3ccccc3)O[Si](O)(c3ccccc3)O[Si](c3ccccc3)(O1)O2. The van der Waals surface area contributed by atoms with Gasteiger partial charge >= 0.3 is 179 Å². The third-order valence-corrected chi connectivity index (χ3v) is 86.0. The fourth-order valence-electron chi connectivity index (χ4n) is 13.1. The third-order valence-electron chi connectivity index (χ3n) is 17.4. The van der Waals surface area contributed by atoms with Crippen LogP contribution in [-0.2, 0) is 108 Å². The molecule has 4 aliphatic rings. The standard InChI is InChI=1S/C52H58O16Si10.C12H42O16Si10/c1-56-74(48-35-19-8-20-36-48)62-72(4,54)63-75(57-2,49-37-21-9-22-38-49)66-78(52-43-27-12-28-44-52)67-76(59-69(3)53,50-39-23-10-24-40-50)61-71(46-31-15-6-16-32-46)58-70(45-29-13-5-14-30-45)60-73(55,47-33-17-7-18-34-47)64-77(65-74,68-78)51-41-25-11-26-42-51;1-16-34(8)23-33(7,15)24-35(9,17-2)26-38(12)27-36(10,19-29(3)13)21-31(5)18-30(4)20-32(6,14)22-37(11,25-34)28-38/h5-44,53-55,69-71H,1-4H3;13-15,29-31H,1-12H3. The van der Waals surface area contributed by atoms with Crippen molar-refractivity contribution in [3.05, 3.63) is 243 Å². The van der Waals surface area contributed by atoms with Gasteiger partial charge in [0.25, 0.3) is 0 Å². The zero-order valence-electron chi connectivity index (χ0n) is 66.9. The minimum absolute atomic E-state index is 0.259. The van der Waals surface area contributed by atoms with E-state index in [1.165, 1.54) is 67.7 Å². The summed E-state index contributed by atoms with van der Waals surface area (Å²) in [4.78, 5) is 72.2. The van der Waals surface area contributed by atoms with Crippen LogP contribution in [0.1, 0.15) is 0 Å². The summed E-state index contributed by atoms with van der Waals surface area (Å²) >= 11 is 0. The van der Waals surface area contributed by atoms with E-state index in [0.29, 0.717) is 25.9 Å². The summed E-state index contributed by atoms with van der Waals surface area (Å²) in [5, 5.41) is 3.23. The van der Waals surface area contributed by atoms with Crippen molar-refractivity contribution in [2.45, 2.75) is 78.6 Å². The van der Waals surface area contributed by atoms with Crippen LogP contribution in [-0.4, -0.2) is 236 Å². The van der Waals surface area contributed by atoms with Gasteiger partial charge < -0.3 is 137 Å². The quantitative estimate of drug-likeness (QED) is 0.0705. The van der Waals surface area contributed by atoms with E-state index in [1.54, 1.807) is 173 Å². The van der Waals surface area contributed by atoms with Crippen molar-refractivity contribution in [3.63, 3.8) is 0 Å². The Kier molecular flexibility index (Phi) is 31.0. The van der Waals surface area contributed by atoms with Gasteiger partial charge in [0, 0.05) is 112 Å². The van der Waals surface area contributed by atoms with Gasteiger partial charge in [-0.15, -0.1) is 0 Å². The van der Waals surface area contributed by atoms with Crippen molar-refractivity contribution in [2.24, 2.45) is 0 Å². The molecule has 52 heteroatoms. The number of benzene rings is 8. The lowest BCUT2D eigenvalue weighted by atomic mass is 10.4. The lowest BCUT2D eigenvalue weighted by molar-refractivity contribution is 0.0537. The first-order valence-corrected chi connectivity index (χ1v) is 76.7. The first-order chi connectivity index (χ1) is 54.7. The van der Waals surface area contributed by atoms with E-state index in [9.17, 15) is 28.8 Å². The van der Waals surface area contributed by atoms with Crippen LogP contribution in [0.25, 0.3) is 0 Å². The van der Waals surface area contributed by atoms with E-state index in [2.05, 4.69) is 0 Å². The highest BCUT2D eigenvalue weighted by atomic mass is 28.6. The maximum Gasteiger partial charge on any atom is 0.522 e. The molecular weight excluding hydrogens is 1840 g/mol. The molecule has 20 atom stereocenters. The van der Waals surface area contributed by atoms with Crippen molar-refractivity contribution in [1.82, 2.24) is 0 Å². The molecule has 32 nitrogen and oxygen atoms in total. The Morgan fingerprint density at radius 3 is 1.01 bits per heavy atom. The van der Waals surface area contributed by atoms with Gasteiger partial charge in [0.05, 0.1) is 0 Å². The second-order valence-electron chi connectivity index (χ2n) is 27.6. The summed E-state index contributed by atoms with van der Waals surface area (Å²) in [6, 6.07) is 72.2. The van der Waals surface area contributed by atoms with Crippen LogP contribution < -0.4 is 41.5 Å². The molecule has 4 bridgehead atoms. The summed E-state index contributed by atoms with van der Waals surface area (Å²) in [5.41, 5.74) is 0. The summed E-state index contributed by atoms with van der Waals surface area (Å²) in [5.74, 6) is 0. The highest BCUT2D eigenvalue weighted by Gasteiger charge is 2.75.